The van der Waals surface area contributed by atoms with Gasteiger partial charge >= 0.3 is 0 Å². The Morgan fingerprint density at radius 2 is 2.18 bits per heavy atom. The van der Waals surface area contributed by atoms with Gasteiger partial charge in [0.15, 0.2) is 0 Å². The van der Waals surface area contributed by atoms with Crippen LogP contribution in [0.15, 0.2) is 12.1 Å². The normalized spacial score (nSPS) is 19.6. The third kappa shape index (κ3) is 3.41. The summed E-state index contributed by atoms with van der Waals surface area (Å²) in [6, 6.07) is 3.43. The average molecular weight is 296 g/mol. The maximum absolute atomic E-state index is 6.09. The Morgan fingerprint density at radius 3 is 2.82 bits per heavy atom. The molecule has 1 unspecified atom stereocenters. The van der Waals surface area contributed by atoms with Gasteiger partial charge in [-0.1, -0.05) is 23.2 Å². The van der Waals surface area contributed by atoms with Crippen molar-refractivity contribution in [3.8, 4) is 5.75 Å². The molecule has 1 heterocycles. The Labute approximate surface area is 116 Å². The predicted molar refractivity (Wildman–Crippen MR) is 70.5 cm³/mol. The molecule has 1 aromatic rings. The third-order valence-electron chi connectivity index (χ3n) is 2.67. The van der Waals surface area contributed by atoms with E-state index in [1.54, 1.807) is 12.1 Å². The molecule has 1 aliphatic rings. The number of rotatable bonds is 4. The molecule has 0 aliphatic carbocycles. The smallest absolute Gasteiger partial charge is 0.142 e. The second-order valence-corrected chi connectivity index (χ2v) is 5.07. The molecular formula is C12H13Cl3O2. The lowest BCUT2D eigenvalue weighted by atomic mass is 10.2. The van der Waals surface area contributed by atoms with Crippen LogP contribution >= 0.6 is 34.8 Å². The van der Waals surface area contributed by atoms with Crippen molar-refractivity contribution >= 4 is 34.8 Å². The maximum atomic E-state index is 6.09. The summed E-state index contributed by atoms with van der Waals surface area (Å²) in [5, 5.41) is 1.06. The lowest BCUT2D eigenvalue weighted by Crippen LogP contribution is -2.17. The van der Waals surface area contributed by atoms with Crippen LogP contribution in [0.25, 0.3) is 0 Å². The number of halogens is 3. The van der Waals surface area contributed by atoms with Crippen LogP contribution in [-0.2, 0) is 10.6 Å². The summed E-state index contributed by atoms with van der Waals surface area (Å²) in [5.74, 6) is 0.933. The molecule has 1 aromatic carbocycles. The molecule has 0 radical (unpaired) electrons. The number of benzene rings is 1. The fourth-order valence-electron chi connectivity index (χ4n) is 1.83. The van der Waals surface area contributed by atoms with E-state index < -0.39 is 0 Å². The van der Waals surface area contributed by atoms with E-state index in [1.807, 2.05) is 0 Å². The monoisotopic (exact) mass is 294 g/mol. The maximum Gasteiger partial charge on any atom is 0.142 e. The summed E-state index contributed by atoms with van der Waals surface area (Å²) in [7, 11) is 0. The van der Waals surface area contributed by atoms with Crippen molar-refractivity contribution in [1.29, 1.82) is 0 Å². The van der Waals surface area contributed by atoms with Crippen LogP contribution in [0.5, 0.6) is 5.75 Å². The zero-order chi connectivity index (χ0) is 12.3. The Morgan fingerprint density at radius 1 is 1.35 bits per heavy atom. The van der Waals surface area contributed by atoms with Crippen molar-refractivity contribution in [1.82, 2.24) is 0 Å². The highest BCUT2D eigenvalue weighted by Gasteiger charge is 2.18. The Balaban J connectivity index is 2.08. The van der Waals surface area contributed by atoms with Crippen LogP contribution in [0.3, 0.4) is 0 Å². The molecule has 17 heavy (non-hydrogen) atoms. The molecule has 1 aliphatic heterocycles. The molecule has 0 spiro atoms. The van der Waals surface area contributed by atoms with Crippen LogP contribution in [-0.4, -0.2) is 19.3 Å². The Kier molecular flexibility index (Phi) is 4.80. The van der Waals surface area contributed by atoms with E-state index in [9.17, 15) is 0 Å². The van der Waals surface area contributed by atoms with E-state index in [0.29, 0.717) is 28.3 Å². The van der Waals surface area contributed by atoms with Gasteiger partial charge < -0.3 is 9.47 Å². The highest BCUT2D eigenvalue weighted by Crippen LogP contribution is 2.33. The SMILES string of the molecule is ClCc1cc(Cl)cc(Cl)c1OCC1CCCO1. The second kappa shape index (κ2) is 6.14. The minimum absolute atomic E-state index is 0.157. The molecular weight excluding hydrogens is 282 g/mol. The largest absolute Gasteiger partial charge is 0.489 e. The first kappa shape index (κ1) is 13.3. The van der Waals surface area contributed by atoms with Crippen molar-refractivity contribution in [3.05, 3.63) is 27.7 Å². The third-order valence-corrected chi connectivity index (χ3v) is 3.45. The molecule has 1 fully saturated rings. The van der Waals surface area contributed by atoms with E-state index in [4.69, 9.17) is 44.3 Å². The summed E-state index contributed by atoms with van der Waals surface area (Å²) < 4.78 is 11.2. The molecule has 1 saturated heterocycles. The Bertz CT molecular complexity index is 390. The summed E-state index contributed by atoms with van der Waals surface area (Å²) in [6.07, 6.45) is 2.27. The molecule has 0 bridgehead atoms. The van der Waals surface area contributed by atoms with Crippen LogP contribution < -0.4 is 4.74 Å². The zero-order valence-corrected chi connectivity index (χ0v) is 11.5. The molecule has 2 nitrogen and oxygen atoms in total. The lowest BCUT2D eigenvalue weighted by molar-refractivity contribution is 0.0677. The van der Waals surface area contributed by atoms with Gasteiger partial charge in [-0.15, -0.1) is 11.6 Å². The molecule has 0 amide bonds. The van der Waals surface area contributed by atoms with Crippen molar-refractivity contribution in [2.75, 3.05) is 13.2 Å². The topological polar surface area (TPSA) is 18.5 Å². The van der Waals surface area contributed by atoms with Crippen LogP contribution in [0.2, 0.25) is 10.0 Å². The molecule has 2 rings (SSSR count). The highest BCUT2D eigenvalue weighted by atomic mass is 35.5. The molecule has 0 N–H and O–H groups in total. The average Bonchev–Trinajstić information content (AvgIpc) is 2.79. The highest BCUT2D eigenvalue weighted by molar-refractivity contribution is 6.35. The zero-order valence-electron chi connectivity index (χ0n) is 9.22. The number of alkyl halides is 1. The molecule has 0 saturated carbocycles. The standard InChI is InChI=1S/C12H13Cl3O2/c13-6-8-4-9(14)5-11(15)12(8)17-7-10-2-1-3-16-10/h4-5,10H,1-3,6-7H2. The number of ether oxygens (including phenoxy) is 2. The van der Waals surface area contributed by atoms with Crippen molar-refractivity contribution in [3.63, 3.8) is 0 Å². The lowest BCUT2D eigenvalue weighted by Gasteiger charge is -2.15. The quantitative estimate of drug-likeness (QED) is 0.772. The minimum atomic E-state index is 0.157. The summed E-state index contributed by atoms with van der Waals surface area (Å²) in [4.78, 5) is 0. The summed E-state index contributed by atoms with van der Waals surface area (Å²) in [6.45, 7) is 1.32. The van der Waals surface area contributed by atoms with E-state index in [-0.39, 0.29) is 6.10 Å². The van der Waals surface area contributed by atoms with Gasteiger partial charge in [-0.25, -0.2) is 0 Å². The molecule has 94 valence electrons. The van der Waals surface area contributed by atoms with Gasteiger partial charge in [0.25, 0.3) is 0 Å². The first-order chi connectivity index (χ1) is 8.20. The van der Waals surface area contributed by atoms with Gasteiger partial charge in [-0.05, 0) is 25.0 Å². The van der Waals surface area contributed by atoms with Gasteiger partial charge in [0.2, 0.25) is 0 Å². The van der Waals surface area contributed by atoms with Crippen molar-refractivity contribution in [2.24, 2.45) is 0 Å². The second-order valence-electron chi connectivity index (χ2n) is 3.96. The summed E-state index contributed by atoms with van der Waals surface area (Å²) in [5.41, 5.74) is 0.808. The minimum Gasteiger partial charge on any atom is -0.489 e. The molecule has 5 heteroatoms. The fraction of sp³-hybridized carbons (Fsp3) is 0.500. The molecule has 0 aromatic heterocycles. The summed E-state index contributed by atoms with van der Waals surface area (Å²) >= 11 is 17.8. The van der Waals surface area contributed by atoms with Gasteiger partial charge in [0, 0.05) is 17.2 Å². The molecule has 1 atom stereocenters. The predicted octanol–water partition coefficient (Wildman–Crippen LogP) is 4.29. The van der Waals surface area contributed by atoms with Crippen molar-refractivity contribution in [2.45, 2.75) is 24.8 Å². The first-order valence-corrected chi connectivity index (χ1v) is 6.78. The first-order valence-electron chi connectivity index (χ1n) is 5.49. The van der Waals surface area contributed by atoms with Crippen LogP contribution in [0, 0.1) is 0 Å². The van der Waals surface area contributed by atoms with Gasteiger partial charge in [-0.2, -0.15) is 0 Å². The number of hydrogen-bond donors (Lipinski definition) is 0. The van der Waals surface area contributed by atoms with E-state index in [0.717, 1.165) is 25.0 Å². The van der Waals surface area contributed by atoms with E-state index in [1.165, 1.54) is 0 Å². The van der Waals surface area contributed by atoms with Crippen LogP contribution in [0.1, 0.15) is 18.4 Å². The van der Waals surface area contributed by atoms with Gasteiger partial charge in [0.1, 0.15) is 12.4 Å². The number of hydrogen-bond acceptors (Lipinski definition) is 2. The fourth-order valence-corrected chi connectivity index (χ4v) is 2.62. The van der Waals surface area contributed by atoms with Gasteiger partial charge in [-0.3, -0.25) is 0 Å². The van der Waals surface area contributed by atoms with E-state index >= 15 is 0 Å². The van der Waals surface area contributed by atoms with Gasteiger partial charge in [0.05, 0.1) is 17.0 Å². The van der Waals surface area contributed by atoms with Crippen LogP contribution in [0.4, 0.5) is 0 Å². The Hall–Kier alpha value is -0.150. The van der Waals surface area contributed by atoms with E-state index in [2.05, 4.69) is 0 Å². The van der Waals surface area contributed by atoms with Crippen molar-refractivity contribution < 1.29 is 9.47 Å².